The van der Waals surface area contributed by atoms with Crippen LogP contribution >= 0.6 is 22.9 Å². The third kappa shape index (κ3) is 4.83. The molecule has 158 valence electrons. The number of hydrogen-bond acceptors (Lipinski definition) is 5. The summed E-state index contributed by atoms with van der Waals surface area (Å²) in [6, 6.07) is 13.4. The van der Waals surface area contributed by atoms with E-state index in [9.17, 15) is 4.79 Å². The van der Waals surface area contributed by atoms with Crippen LogP contribution in [0.1, 0.15) is 29.3 Å². The van der Waals surface area contributed by atoms with Crippen LogP contribution in [0.4, 0.5) is 5.13 Å². The van der Waals surface area contributed by atoms with Gasteiger partial charge in [-0.3, -0.25) is 14.6 Å². The molecule has 1 amide bonds. The van der Waals surface area contributed by atoms with E-state index in [1.165, 1.54) is 5.56 Å². The summed E-state index contributed by atoms with van der Waals surface area (Å²) in [6.45, 7) is 7.14. The number of morpholine rings is 1. The van der Waals surface area contributed by atoms with E-state index in [4.69, 9.17) is 21.3 Å². The average Bonchev–Trinajstić information content (AvgIpc) is 3.21. The molecule has 0 atom stereocenters. The molecular formula is C23H26ClN3O2S. The highest BCUT2D eigenvalue weighted by Gasteiger charge is 2.22. The standard InChI is InChI=1S/C23H26ClN3O2S/c1-2-17-6-4-9-20-21(17)25-23(30-20)27(11-5-10-26-12-14-29-15-13-26)22(28)18-7-3-8-19(24)16-18/h3-4,6-9,16H,2,5,10-15H2,1H3. The summed E-state index contributed by atoms with van der Waals surface area (Å²) < 4.78 is 6.54. The minimum absolute atomic E-state index is 0.0587. The van der Waals surface area contributed by atoms with Gasteiger partial charge in [-0.15, -0.1) is 0 Å². The van der Waals surface area contributed by atoms with Gasteiger partial charge in [0.25, 0.3) is 5.91 Å². The largest absolute Gasteiger partial charge is 0.379 e. The summed E-state index contributed by atoms with van der Waals surface area (Å²) in [7, 11) is 0. The lowest BCUT2D eigenvalue weighted by atomic mass is 10.1. The molecule has 2 heterocycles. The first-order valence-corrected chi connectivity index (χ1v) is 11.6. The molecule has 1 fully saturated rings. The minimum atomic E-state index is -0.0587. The molecule has 0 bridgehead atoms. The normalized spacial score (nSPS) is 14.9. The zero-order valence-corrected chi connectivity index (χ0v) is 18.7. The number of amides is 1. The topological polar surface area (TPSA) is 45.7 Å². The number of aromatic nitrogens is 1. The fourth-order valence-electron chi connectivity index (χ4n) is 3.73. The molecule has 0 N–H and O–H groups in total. The number of ether oxygens (including phenoxy) is 1. The maximum absolute atomic E-state index is 13.4. The van der Waals surface area contributed by atoms with Crippen molar-refractivity contribution in [3.8, 4) is 0 Å². The molecule has 0 unspecified atom stereocenters. The molecule has 30 heavy (non-hydrogen) atoms. The minimum Gasteiger partial charge on any atom is -0.379 e. The van der Waals surface area contributed by atoms with E-state index in [0.29, 0.717) is 17.1 Å². The molecule has 3 aromatic rings. The second kappa shape index (κ2) is 9.88. The van der Waals surface area contributed by atoms with Crippen LogP contribution in [0.2, 0.25) is 5.02 Å². The lowest BCUT2D eigenvalue weighted by Gasteiger charge is -2.27. The van der Waals surface area contributed by atoms with E-state index in [1.807, 2.05) is 17.0 Å². The Labute approximate surface area is 186 Å². The van der Waals surface area contributed by atoms with Crippen molar-refractivity contribution < 1.29 is 9.53 Å². The maximum Gasteiger partial charge on any atom is 0.260 e. The van der Waals surface area contributed by atoms with Gasteiger partial charge in [-0.25, -0.2) is 4.98 Å². The van der Waals surface area contributed by atoms with Crippen molar-refractivity contribution in [3.05, 3.63) is 58.6 Å². The molecule has 7 heteroatoms. The number of nitrogens with zero attached hydrogens (tertiary/aromatic N) is 3. The molecule has 1 aromatic heterocycles. The number of benzene rings is 2. The predicted molar refractivity (Wildman–Crippen MR) is 124 cm³/mol. The molecular weight excluding hydrogens is 418 g/mol. The van der Waals surface area contributed by atoms with Crippen LogP contribution < -0.4 is 4.90 Å². The Balaban J connectivity index is 1.60. The van der Waals surface area contributed by atoms with E-state index < -0.39 is 0 Å². The molecule has 0 radical (unpaired) electrons. The summed E-state index contributed by atoms with van der Waals surface area (Å²) in [5.74, 6) is -0.0587. The van der Waals surface area contributed by atoms with Crippen LogP contribution in [0.3, 0.4) is 0 Å². The summed E-state index contributed by atoms with van der Waals surface area (Å²) in [5.41, 5.74) is 2.79. The highest BCUT2D eigenvalue weighted by atomic mass is 35.5. The molecule has 1 aliphatic rings. The van der Waals surface area contributed by atoms with Crippen molar-refractivity contribution in [2.24, 2.45) is 0 Å². The Morgan fingerprint density at radius 3 is 2.80 bits per heavy atom. The first kappa shape index (κ1) is 21.2. The molecule has 0 saturated carbocycles. The summed E-state index contributed by atoms with van der Waals surface area (Å²) in [6.07, 6.45) is 1.79. The molecule has 1 aliphatic heterocycles. The summed E-state index contributed by atoms with van der Waals surface area (Å²) in [4.78, 5) is 22.5. The van der Waals surface area contributed by atoms with E-state index in [0.717, 1.165) is 61.0 Å². The smallest absolute Gasteiger partial charge is 0.260 e. The number of fused-ring (bicyclic) bond motifs is 1. The fourth-order valence-corrected chi connectivity index (χ4v) is 4.96. The summed E-state index contributed by atoms with van der Waals surface area (Å²) in [5, 5.41) is 1.31. The number of anilines is 1. The van der Waals surface area contributed by atoms with Gasteiger partial charge in [0, 0.05) is 36.8 Å². The predicted octanol–water partition coefficient (Wildman–Crippen LogP) is 4.88. The Bertz CT molecular complexity index is 1020. The highest BCUT2D eigenvalue weighted by Crippen LogP contribution is 2.32. The maximum atomic E-state index is 13.4. The van der Waals surface area contributed by atoms with E-state index >= 15 is 0 Å². The highest BCUT2D eigenvalue weighted by molar-refractivity contribution is 7.22. The number of carbonyl (C=O) groups excluding carboxylic acids is 1. The van der Waals surface area contributed by atoms with Gasteiger partial charge in [-0.2, -0.15) is 0 Å². The van der Waals surface area contributed by atoms with Gasteiger partial charge in [0.2, 0.25) is 0 Å². The van der Waals surface area contributed by atoms with Gasteiger partial charge >= 0.3 is 0 Å². The number of thiazole rings is 1. The Hall–Kier alpha value is -1.99. The third-order valence-electron chi connectivity index (χ3n) is 5.38. The van der Waals surface area contributed by atoms with Gasteiger partial charge in [-0.05, 0) is 42.7 Å². The van der Waals surface area contributed by atoms with Crippen LogP contribution in [0, 0.1) is 0 Å². The van der Waals surface area contributed by atoms with E-state index in [1.54, 1.807) is 23.5 Å². The van der Waals surface area contributed by atoms with Gasteiger partial charge < -0.3 is 4.74 Å². The molecule has 0 spiro atoms. The van der Waals surface area contributed by atoms with Crippen molar-refractivity contribution in [1.82, 2.24) is 9.88 Å². The van der Waals surface area contributed by atoms with Crippen molar-refractivity contribution >= 4 is 44.2 Å². The monoisotopic (exact) mass is 443 g/mol. The molecule has 4 rings (SSSR count). The first-order chi connectivity index (χ1) is 14.7. The zero-order chi connectivity index (χ0) is 20.9. The summed E-state index contributed by atoms with van der Waals surface area (Å²) >= 11 is 7.72. The van der Waals surface area contributed by atoms with Crippen molar-refractivity contribution in [3.63, 3.8) is 0 Å². The van der Waals surface area contributed by atoms with Gasteiger partial charge in [0.15, 0.2) is 5.13 Å². The third-order valence-corrected chi connectivity index (χ3v) is 6.66. The Morgan fingerprint density at radius 2 is 2.03 bits per heavy atom. The van der Waals surface area contributed by atoms with E-state index in [2.05, 4.69) is 30.0 Å². The van der Waals surface area contributed by atoms with Crippen molar-refractivity contribution in [2.45, 2.75) is 19.8 Å². The van der Waals surface area contributed by atoms with Gasteiger partial charge in [0.05, 0.1) is 23.4 Å². The second-order valence-corrected chi connectivity index (χ2v) is 8.83. The first-order valence-electron chi connectivity index (χ1n) is 10.4. The average molecular weight is 444 g/mol. The van der Waals surface area contributed by atoms with Crippen molar-refractivity contribution in [2.75, 3.05) is 44.3 Å². The van der Waals surface area contributed by atoms with Gasteiger partial charge in [-0.1, -0.05) is 48.1 Å². The number of rotatable bonds is 7. The fraction of sp³-hybridized carbons (Fsp3) is 0.391. The SMILES string of the molecule is CCc1cccc2sc(N(CCCN3CCOCC3)C(=O)c3cccc(Cl)c3)nc12. The van der Waals surface area contributed by atoms with Crippen LogP contribution in [0.15, 0.2) is 42.5 Å². The second-order valence-electron chi connectivity index (χ2n) is 7.39. The number of aryl methyl sites for hydroxylation is 1. The molecule has 2 aromatic carbocycles. The number of halogens is 1. The molecule has 0 aliphatic carbocycles. The van der Waals surface area contributed by atoms with Gasteiger partial charge in [0.1, 0.15) is 0 Å². The molecule has 1 saturated heterocycles. The van der Waals surface area contributed by atoms with Crippen molar-refractivity contribution in [1.29, 1.82) is 0 Å². The molecule has 5 nitrogen and oxygen atoms in total. The zero-order valence-electron chi connectivity index (χ0n) is 17.1. The van der Waals surface area contributed by atoms with Crippen LogP contribution in [0.25, 0.3) is 10.2 Å². The lowest BCUT2D eigenvalue weighted by Crippen LogP contribution is -2.39. The number of carbonyl (C=O) groups is 1. The Morgan fingerprint density at radius 1 is 1.23 bits per heavy atom. The number of hydrogen-bond donors (Lipinski definition) is 0. The number of para-hydroxylation sites is 1. The van der Waals surface area contributed by atoms with Crippen LogP contribution in [-0.4, -0.2) is 55.2 Å². The van der Waals surface area contributed by atoms with E-state index in [-0.39, 0.29) is 5.91 Å². The Kier molecular flexibility index (Phi) is 7.00. The van der Waals surface area contributed by atoms with Crippen LogP contribution in [0.5, 0.6) is 0 Å². The quantitative estimate of drug-likeness (QED) is 0.522. The van der Waals surface area contributed by atoms with Crippen LogP contribution in [-0.2, 0) is 11.2 Å². The lowest BCUT2D eigenvalue weighted by molar-refractivity contribution is 0.0376.